The van der Waals surface area contributed by atoms with Gasteiger partial charge in [0.1, 0.15) is 17.1 Å². The minimum atomic E-state index is -0.862. The van der Waals surface area contributed by atoms with E-state index in [0.717, 1.165) is 23.1 Å². The Morgan fingerprint density at radius 2 is 2.05 bits per heavy atom. The first-order valence-electron chi connectivity index (χ1n) is 12.5. The summed E-state index contributed by atoms with van der Waals surface area (Å²) in [5.74, 6) is -1.50. The van der Waals surface area contributed by atoms with Crippen LogP contribution < -0.4 is 15.8 Å². The fourth-order valence-corrected chi connectivity index (χ4v) is 5.13. The Labute approximate surface area is 220 Å². The number of allylic oxidation sites excluding steroid dienone is 2. The van der Waals surface area contributed by atoms with Crippen LogP contribution in [0.3, 0.4) is 0 Å². The van der Waals surface area contributed by atoms with Gasteiger partial charge in [-0.3, -0.25) is 10.1 Å². The zero-order chi connectivity index (χ0) is 26.9. The zero-order valence-electron chi connectivity index (χ0n) is 21.6. The van der Waals surface area contributed by atoms with Gasteiger partial charge in [-0.25, -0.2) is 14.6 Å². The number of hydrogen-bond donors (Lipinski definition) is 2. The molecule has 0 spiro atoms. The molecule has 2 aromatic rings. The van der Waals surface area contributed by atoms with Gasteiger partial charge < -0.3 is 19.2 Å². The molecular formula is C27H35N3O6S. The third-order valence-corrected chi connectivity index (χ3v) is 7.59. The molecule has 200 valence electrons. The van der Waals surface area contributed by atoms with Crippen molar-refractivity contribution < 1.29 is 23.8 Å². The monoisotopic (exact) mass is 529 g/mol. The number of aromatic nitrogens is 1. The van der Waals surface area contributed by atoms with E-state index < -0.39 is 29.2 Å². The van der Waals surface area contributed by atoms with Gasteiger partial charge in [0.05, 0.1) is 7.11 Å². The third-order valence-electron chi connectivity index (χ3n) is 6.53. The molecule has 2 atom stereocenters. The highest BCUT2D eigenvalue weighted by Crippen LogP contribution is 2.30. The molecule has 1 saturated heterocycles. The van der Waals surface area contributed by atoms with E-state index in [1.54, 1.807) is 24.3 Å². The highest BCUT2D eigenvalue weighted by Gasteiger charge is 2.27. The number of carbonyl (C=O) groups is 2. The highest BCUT2D eigenvalue weighted by molar-refractivity contribution is 7.15. The first-order valence-corrected chi connectivity index (χ1v) is 13.3. The summed E-state index contributed by atoms with van der Waals surface area (Å²) in [5, 5.41) is 14.0. The second-order valence-electron chi connectivity index (χ2n) is 9.29. The summed E-state index contributed by atoms with van der Waals surface area (Å²) in [5.41, 5.74) is -0.577. The van der Waals surface area contributed by atoms with Crippen molar-refractivity contribution in [1.82, 2.24) is 10.3 Å². The van der Waals surface area contributed by atoms with Crippen molar-refractivity contribution in [3.05, 3.63) is 63.3 Å². The predicted molar refractivity (Wildman–Crippen MR) is 143 cm³/mol. The van der Waals surface area contributed by atoms with Crippen LogP contribution in [0.2, 0.25) is 0 Å². The van der Waals surface area contributed by atoms with E-state index >= 15 is 0 Å². The normalized spacial score (nSPS) is 15.4. The summed E-state index contributed by atoms with van der Waals surface area (Å²) >= 11 is 1.60. The molecule has 0 aromatic carbocycles. The van der Waals surface area contributed by atoms with E-state index in [1.807, 2.05) is 13.1 Å². The van der Waals surface area contributed by atoms with Gasteiger partial charge in [-0.05, 0) is 32.1 Å². The molecule has 1 aliphatic rings. The molecule has 0 saturated carbocycles. The molecule has 2 N–H and O–H groups in total. The smallest absolute Gasteiger partial charge is 0.410 e. The van der Waals surface area contributed by atoms with E-state index in [2.05, 4.69) is 26.5 Å². The Morgan fingerprint density at radius 1 is 1.32 bits per heavy atom. The number of hydrogen-bond acceptors (Lipinski definition) is 9. The van der Waals surface area contributed by atoms with Gasteiger partial charge in [0.25, 0.3) is 0 Å². The number of ether oxygens (including phenoxy) is 1. The number of nitrogens with zero attached hydrogens (tertiary/aromatic N) is 2. The van der Waals surface area contributed by atoms with E-state index in [0.29, 0.717) is 24.8 Å². The maximum absolute atomic E-state index is 13.1. The Kier molecular flexibility index (Phi) is 10.1. The van der Waals surface area contributed by atoms with Crippen LogP contribution in [0.25, 0.3) is 0 Å². The standard InChI is InChI=1S/C27H35N3O6S/c1-17(10-6-7-11-28-27(34)35-4)22-15-21(31)23(25(33)36-22)24(32)19(3)18(2)14-20-16-29-26(37-20)30-12-8-5-9-13-30/h7,11,15-17,19,31H,2,5-6,8-10,12-14H2,1,3-4H3,(H,28,34)/b11-7+. The average molecular weight is 530 g/mol. The molecule has 2 aromatic heterocycles. The number of rotatable bonds is 11. The van der Waals surface area contributed by atoms with Crippen LogP contribution in [0.4, 0.5) is 9.93 Å². The van der Waals surface area contributed by atoms with Crippen LogP contribution >= 0.6 is 11.3 Å². The fourth-order valence-electron chi connectivity index (χ4n) is 4.12. The van der Waals surface area contributed by atoms with Gasteiger partial charge in [0, 0.05) is 54.7 Å². The van der Waals surface area contributed by atoms with E-state index in [9.17, 15) is 19.5 Å². The maximum atomic E-state index is 13.1. The third kappa shape index (κ3) is 7.55. The molecule has 3 heterocycles. The summed E-state index contributed by atoms with van der Waals surface area (Å²) in [6, 6.07) is 1.33. The highest BCUT2D eigenvalue weighted by atomic mass is 32.1. The van der Waals surface area contributed by atoms with Crippen LogP contribution in [0, 0.1) is 5.92 Å². The zero-order valence-corrected chi connectivity index (χ0v) is 22.4. The van der Waals surface area contributed by atoms with E-state index in [-0.39, 0.29) is 17.2 Å². The van der Waals surface area contributed by atoms with Gasteiger partial charge in [0.15, 0.2) is 10.9 Å². The molecular weight excluding hydrogens is 494 g/mol. The molecule has 0 radical (unpaired) electrons. The fraction of sp³-hybridized carbons (Fsp3) is 0.481. The largest absolute Gasteiger partial charge is 0.507 e. The van der Waals surface area contributed by atoms with Crippen LogP contribution in [-0.2, 0) is 11.2 Å². The summed E-state index contributed by atoms with van der Waals surface area (Å²) < 4.78 is 9.88. The molecule has 9 nitrogen and oxygen atoms in total. The van der Waals surface area contributed by atoms with Gasteiger partial charge in [0.2, 0.25) is 0 Å². The Bertz CT molecular complexity index is 1190. The SMILES string of the molecule is C=C(Cc1cnc(N2CCCCC2)s1)C(C)C(=O)c1c(O)cc(C(C)CC/C=C/NC(=O)OC)oc1=O. The number of nitrogens with one attached hydrogen (secondary N) is 1. The summed E-state index contributed by atoms with van der Waals surface area (Å²) in [4.78, 5) is 44.7. The Hall–Kier alpha value is -3.40. The molecule has 1 amide bonds. The van der Waals surface area contributed by atoms with Crippen LogP contribution in [0.15, 0.2) is 45.9 Å². The Balaban J connectivity index is 1.61. The number of thiazole rings is 1. The number of anilines is 1. The van der Waals surface area contributed by atoms with Crippen molar-refractivity contribution >= 4 is 28.3 Å². The molecule has 2 unspecified atom stereocenters. The minimum absolute atomic E-state index is 0.196. The summed E-state index contributed by atoms with van der Waals surface area (Å²) in [7, 11) is 1.28. The van der Waals surface area contributed by atoms with Crippen molar-refractivity contribution in [1.29, 1.82) is 0 Å². The topological polar surface area (TPSA) is 122 Å². The average Bonchev–Trinajstić information content (AvgIpc) is 3.36. The maximum Gasteiger partial charge on any atom is 0.410 e. The van der Waals surface area contributed by atoms with Crippen LogP contribution in [0.1, 0.15) is 72.9 Å². The molecule has 37 heavy (non-hydrogen) atoms. The molecule has 10 heteroatoms. The predicted octanol–water partition coefficient (Wildman–Crippen LogP) is 5.16. The number of aromatic hydroxyl groups is 1. The lowest BCUT2D eigenvalue weighted by Gasteiger charge is -2.25. The minimum Gasteiger partial charge on any atom is -0.507 e. The first kappa shape index (κ1) is 28.2. The summed E-state index contributed by atoms with van der Waals surface area (Å²) in [6.07, 6.45) is 9.72. The lowest BCUT2D eigenvalue weighted by molar-refractivity contribution is 0.0939. The van der Waals surface area contributed by atoms with Crippen LogP contribution in [-0.4, -0.2) is 42.2 Å². The number of ketones is 1. The lowest BCUT2D eigenvalue weighted by Crippen LogP contribution is -2.29. The summed E-state index contributed by atoms with van der Waals surface area (Å²) in [6.45, 7) is 9.63. The number of carbonyl (C=O) groups excluding carboxylic acids is 2. The van der Waals surface area contributed by atoms with Crippen molar-refractivity contribution in [2.45, 2.75) is 58.3 Å². The number of methoxy groups -OCH3 is 1. The Morgan fingerprint density at radius 3 is 2.73 bits per heavy atom. The van der Waals surface area contributed by atoms with E-state index in [4.69, 9.17) is 4.42 Å². The van der Waals surface area contributed by atoms with Gasteiger partial charge in [-0.2, -0.15) is 0 Å². The molecule has 0 bridgehead atoms. The van der Waals surface area contributed by atoms with Crippen molar-refractivity contribution in [2.24, 2.45) is 5.92 Å². The van der Waals surface area contributed by atoms with Crippen molar-refractivity contribution in [3.8, 4) is 5.75 Å². The second-order valence-corrected chi connectivity index (χ2v) is 10.4. The molecule has 3 rings (SSSR count). The van der Waals surface area contributed by atoms with Crippen LogP contribution in [0.5, 0.6) is 5.75 Å². The number of Topliss-reactive ketones (excluding diaryl/α,β-unsaturated/α-hetero) is 1. The second kappa shape index (κ2) is 13.2. The van der Waals surface area contributed by atoms with Gasteiger partial charge in [-0.15, -0.1) is 11.3 Å². The van der Waals surface area contributed by atoms with E-state index in [1.165, 1.54) is 38.6 Å². The quantitative estimate of drug-likeness (QED) is 0.302. The molecule has 1 aliphatic heterocycles. The number of piperidine rings is 1. The number of amides is 1. The number of alkyl carbamates (subject to hydrolysis) is 1. The molecule has 0 aliphatic carbocycles. The molecule has 1 fully saturated rings. The van der Waals surface area contributed by atoms with Gasteiger partial charge >= 0.3 is 11.7 Å². The lowest BCUT2D eigenvalue weighted by atomic mass is 9.91. The van der Waals surface area contributed by atoms with Crippen molar-refractivity contribution in [2.75, 3.05) is 25.1 Å². The van der Waals surface area contributed by atoms with Crippen molar-refractivity contribution in [3.63, 3.8) is 0 Å². The first-order chi connectivity index (χ1) is 17.7. The van der Waals surface area contributed by atoms with Gasteiger partial charge in [-0.1, -0.05) is 32.1 Å².